The van der Waals surface area contributed by atoms with E-state index in [9.17, 15) is 18.0 Å². The molecule has 0 fully saturated rings. The molecule has 25 heteroatoms. The van der Waals surface area contributed by atoms with E-state index in [0.29, 0.717) is 9.87 Å². The van der Waals surface area contributed by atoms with Gasteiger partial charge in [-0.25, -0.2) is 42.1 Å². The molecule has 4 N–H and O–H groups in total. The maximum absolute atomic E-state index is 14.9. The van der Waals surface area contributed by atoms with Crippen LogP contribution in [0, 0.1) is 0 Å². The number of benzene rings is 3. The minimum absolute atomic E-state index is 0.0390. The van der Waals surface area contributed by atoms with Gasteiger partial charge >= 0.3 is 12.3 Å². The lowest BCUT2D eigenvalue weighted by Crippen LogP contribution is -2.36. The first-order valence-electron chi connectivity index (χ1n) is 19.7. The number of rotatable bonds is 23. The summed E-state index contributed by atoms with van der Waals surface area (Å²) in [5, 5.41) is 34.2. The predicted octanol–water partition coefficient (Wildman–Crippen LogP) is 6.24. The topological polar surface area (TPSA) is 294 Å². The van der Waals surface area contributed by atoms with Crippen LogP contribution in [0.3, 0.4) is 0 Å². The van der Waals surface area contributed by atoms with Crippen molar-refractivity contribution in [2.24, 2.45) is 0 Å². The molecule has 0 radical (unpaired) electrons. The van der Waals surface area contributed by atoms with E-state index in [2.05, 4.69) is 29.6 Å². The fourth-order valence-corrected chi connectivity index (χ4v) is 6.76. The van der Waals surface area contributed by atoms with E-state index in [1.807, 2.05) is 20.8 Å². The molecule has 0 unspecified atom stereocenters. The highest BCUT2D eigenvalue weighted by molar-refractivity contribution is 7.92. The highest BCUT2D eigenvalue weighted by Gasteiger charge is 2.35. The van der Waals surface area contributed by atoms with Crippen LogP contribution < -0.4 is 23.3 Å². The van der Waals surface area contributed by atoms with E-state index in [1.54, 1.807) is 36.4 Å². The third-order valence-electron chi connectivity index (χ3n) is 8.66. The third-order valence-corrected chi connectivity index (χ3v) is 10.4. The van der Waals surface area contributed by atoms with Crippen molar-refractivity contribution in [3.05, 3.63) is 102 Å². The number of para-hydroxylation sites is 2. The molecule has 2 aromatic heterocycles. The average Bonchev–Trinajstić information content (AvgIpc) is 3.29. The van der Waals surface area contributed by atoms with Crippen molar-refractivity contribution in [3.8, 4) is 40.5 Å². The molecule has 0 aliphatic rings. The van der Waals surface area contributed by atoms with Crippen LogP contribution >= 0.6 is 0 Å². The number of methoxy groups -OCH3 is 1. The number of sulfonamides is 1. The highest BCUT2D eigenvalue weighted by Crippen LogP contribution is 2.44. The minimum atomic E-state index is -4.76. The van der Waals surface area contributed by atoms with Gasteiger partial charge in [-0.15, -0.1) is 0 Å². The molecule has 0 aliphatic carbocycles. The quantitative estimate of drug-likeness (QED) is 0.0185. The minimum Gasteiger partial charge on any atom is -0.493 e. The van der Waals surface area contributed by atoms with Crippen molar-refractivity contribution in [3.63, 3.8) is 0 Å². The first kappa shape index (κ1) is 50.2. The number of carbonyl (C=O) groups excluding carboxylic acids is 2. The Hall–Kier alpha value is -6.81. The molecular weight excluding hydrogens is 895 g/mol. The Morgan fingerprint density at radius 2 is 1.39 bits per heavy atom. The van der Waals surface area contributed by atoms with Crippen molar-refractivity contribution < 1.29 is 81.7 Å². The average molecular weight is 942 g/mol. The summed E-state index contributed by atoms with van der Waals surface area (Å²) in [5.74, 6) is -1.50. The summed E-state index contributed by atoms with van der Waals surface area (Å²) in [6.45, 7) is 3.31. The van der Waals surface area contributed by atoms with Crippen LogP contribution in [0.4, 0.5) is 15.4 Å². The summed E-state index contributed by atoms with van der Waals surface area (Å²) in [5.41, 5.74) is 0.886. The smallest absolute Gasteiger partial charge is 0.493 e. The number of hydrogen-bond acceptors (Lipinski definition) is 23. The molecule has 0 saturated carbocycles. The molecule has 354 valence electrons. The Balaban J connectivity index is 1.54. The number of unbranched alkanes of at least 4 members (excludes halogenated alkanes) is 1. The van der Waals surface area contributed by atoms with Gasteiger partial charge in [-0.2, -0.15) is 4.98 Å². The maximum atomic E-state index is 14.9. The van der Waals surface area contributed by atoms with Crippen LogP contribution in [-0.2, 0) is 45.9 Å². The van der Waals surface area contributed by atoms with Crippen LogP contribution in [0.2, 0.25) is 0 Å². The molecule has 2 heterocycles. The normalized spacial score (nSPS) is 11.5. The van der Waals surface area contributed by atoms with Crippen LogP contribution in [0.25, 0.3) is 11.6 Å². The highest BCUT2D eigenvalue weighted by atomic mass is 32.2. The van der Waals surface area contributed by atoms with E-state index in [1.165, 1.54) is 62.0 Å². The SMILES string of the molecule is COc1ccccc1Oc1c(OCCOC(=O)Oc2cccc(CON(O)O)c2)nc(-c2ncccn2)nc1N(COC(=O)OCCCCON(O)O)S(=O)(=O)c1ccc(C(C)(C)C)cc1. The fraction of sp³-hybridized carbons (Fsp3) is 0.317. The summed E-state index contributed by atoms with van der Waals surface area (Å²) in [6, 6.07) is 19.8. The van der Waals surface area contributed by atoms with E-state index in [0.717, 1.165) is 5.56 Å². The first-order chi connectivity index (χ1) is 31.5. The summed E-state index contributed by atoms with van der Waals surface area (Å²) >= 11 is 0. The zero-order valence-electron chi connectivity index (χ0n) is 36.0. The lowest BCUT2D eigenvalue weighted by molar-refractivity contribution is -0.497. The van der Waals surface area contributed by atoms with E-state index in [-0.39, 0.29) is 71.9 Å². The maximum Gasteiger partial charge on any atom is 0.513 e. The second kappa shape index (κ2) is 23.9. The molecular formula is C41H47N7O17S. The molecule has 5 aromatic rings. The van der Waals surface area contributed by atoms with Gasteiger partial charge in [0, 0.05) is 12.4 Å². The van der Waals surface area contributed by atoms with Crippen molar-refractivity contribution in [1.82, 2.24) is 30.7 Å². The summed E-state index contributed by atoms with van der Waals surface area (Å²) in [4.78, 5) is 52.0. The number of aromatic nitrogens is 4. The predicted molar refractivity (Wildman–Crippen MR) is 223 cm³/mol. The van der Waals surface area contributed by atoms with Gasteiger partial charge < -0.3 is 33.2 Å². The standard InChI is InChI=1S/C41H47N7O17S/c1-41(2,3)29-15-17-31(18-16-29)66(55,56)46(27-61-39(49)59-21-7-8-22-62-47(51)52)37-34(65-33-14-6-5-13-32(33)57-4)38(45-36(44-37)35-42-19-10-20-43-35)58-23-24-60-40(50)64-30-12-9-11-28(25-30)26-63-48(53)54/h5-6,9-20,25,51-54H,7-8,21-24,26-27H2,1-4H3. The molecule has 0 bridgehead atoms. The lowest BCUT2D eigenvalue weighted by Gasteiger charge is -2.26. The van der Waals surface area contributed by atoms with Crippen molar-refractivity contribution in [2.45, 2.75) is 50.5 Å². The monoisotopic (exact) mass is 941 g/mol. The van der Waals surface area contributed by atoms with Gasteiger partial charge in [0.1, 0.15) is 19.0 Å². The molecule has 0 aliphatic heterocycles. The molecule has 66 heavy (non-hydrogen) atoms. The number of nitrogens with zero attached hydrogens (tertiary/aromatic N) is 7. The Labute approximate surface area is 377 Å². The second-order valence-electron chi connectivity index (χ2n) is 14.3. The van der Waals surface area contributed by atoms with Gasteiger partial charge in [0.15, 0.2) is 29.9 Å². The molecule has 0 amide bonds. The number of anilines is 1. The van der Waals surface area contributed by atoms with E-state index >= 15 is 0 Å². The third kappa shape index (κ3) is 14.9. The van der Waals surface area contributed by atoms with E-state index < -0.39 is 70.5 Å². The van der Waals surface area contributed by atoms with Gasteiger partial charge in [0.25, 0.3) is 15.9 Å². The lowest BCUT2D eigenvalue weighted by atomic mass is 9.87. The van der Waals surface area contributed by atoms with Crippen LogP contribution in [0.1, 0.15) is 44.7 Å². The second-order valence-corrected chi connectivity index (χ2v) is 16.2. The van der Waals surface area contributed by atoms with Gasteiger partial charge in [0.05, 0.1) is 42.6 Å². The Kier molecular flexibility index (Phi) is 18.2. The van der Waals surface area contributed by atoms with Crippen LogP contribution in [0.15, 0.2) is 96.2 Å². The fourth-order valence-electron chi connectivity index (χ4n) is 5.48. The zero-order chi connectivity index (χ0) is 47.7. The summed E-state index contributed by atoms with van der Waals surface area (Å²) in [6.07, 6.45) is 0.794. The Morgan fingerprint density at radius 1 is 0.712 bits per heavy atom. The summed E-state index contributed by atoms with van der Waals surface area (Å²) < 4.78 is 69.2. The molecule has 0 saturated heterocycles. The van der Waals surface area contributed by atoms with Crippen molar-refractivity contribution in [2.75, 3.05) is 44.6 Å². The largest absolute Gasteiger partial charge is 0.513 e. The van der Waals surface area contributed by atoms with Gasteiger partial charge in [-0.05, 0) is 71.8 Å². The first-order valence-corrected chi connectivity index (χ1v) is 21.1. The van der Waals surface area contributed by atoms with Crippen molar-refractivity contribution >= 4 is 28.2 Å². The van der Waals surface area contributed by atoms with Gasteiger partial charge in [-0.3, -0.25) is 25.7 Å². The molecule has 5 rings (SSSR count). The molecule has 3 aromatic carbocycles. The van der Waals surface area contributed by atoms with Gasteiger partial charge in [-0.1, -0.05) is 57.2 Å². The van der Waals surface area contributed by atoms with Crippen LogP contribution in [-0.4, -0.2) is 113 Å². The Morgan fingerprint density at radius 3 is 2.08 bits per heavy atom. The molecule has 0 atom stereocenters. The zero-order valence-corrected chi connectivity index (χ0v) is 36.8. The van der Waals surface area contributed by atoms with Gasteiger partial charge in [0.2, 0.25) is 11.6 Å². The number of carbonyl (C=O) groups is 2. The number of ether oxygens (including phenoxy) is 7. The molecule has 24 nitrogen and oxygen atoms in total. The van der Waals surface area contributed by atoms with E-state index in [4.69, 9.17) is 54.0 Å². The molecule has 0 spiro atoms. The Bertz CT molecular complexity index is 2460. The van der Waals surface area contributed by atoms with Crippen LogP contribution in [0.5, 0.6) is 28.9 Å². The summed E-state index contributed by atoms with van der Waals surface area (Å²) in [7, 11) is -3.38. The van der Waals surface area contributed by atoms with Crippen molar-refractivity contribution in [1.29, 1.82) is 0 Å². The number of hydrogen-bond donors (Lipinski definition) is 4.